The van der Waals surface area contributed by atoms with Gasteiger partial charge in [0.15, 0.2) is 5.65 Å². The molecule has 3 aromatic heterocycles. The molecule has 1 aliphatic heterocycles. The molecule has 0 spiro atoms. The molecular weight excluding hydrogens is 398 g/mol. The van der Waals surface area contributed by atoms with Gasteiger partial charge in [-0.2, -0.15) is 5.10 Å². The molecule has 0 amide bonds. The first-order valence-corrected chi connectivity index (χ1v) is 11.8. The van der Waals surface area contributed by atoms with E-state index in [0.717, 1.165) is 18.9 Å². The number of aromatic nitrogens is 4. The van der Waals surface area contributed by atoms with Crippen molar-refractivity contribution < 1.29 is 4.74 Å². The Bertz CT molecular complexity index is 1310. The summed E-state index contributed by atoms with van der Waals surface area (Å²) < 4.78 is 7.19. The van der Waals surface area contributed by atoms with Crippen LogP contribution in [0.2, 0.25) is 0 Å². The lowest BCUT2D eigenvalue weighted by Crippen LogP contribution is -2.53. The maximum Gasteiger partial charge on any atom is 0.158 e. The van der Waals surface area contributed by atoms with Crippen LogP contribution in [0, 0.1) is 13.8 Å². The molecule has 2 fully saturated rings. The van der Waals surface area contributed by atoms with Crippen LogP contribution in [0.1, 0.15) is 60.8 Å². The number of rotatable bonds is 5. The van der Waals surface area contributed by atoms with Crippen LogP contribution in [0.25, 0.3) is 27.8 Å². The highest BCUT2D eigenvalue weighted by Gasteiger charge is 2.33. The van der Waals surface area contributed by atoms with Gasteiger partial charge in [-0.05, 0) is 72.9 Å². The Hall–Kier alpha value is -2.70. The SMILES string of the molecule is Cc1c(-c2[nH]c3ccc(C4CC(NC5COC5)C4)cc3c2C(C)C)cn2ncnc2c1C. The second-order valence-corrected chi connectivity index (χ2v) is 9.96. The molecule has 0 bridgehead atoms. The van der Waals surface area contributed by atoms with Crippen molar-refractivity contribution in [1.29, 1.82) is 0 Å². The van der Waals surface area contributed by atoms with Gasteiger partial charge in [0, 0.05) is 28.7 Å². The fourth-order valence-corrected chi connectivity index (χ4v) is 5.44. The van der Waals surface area contributed by atoms with E-state index >= 15 is 0 Å². The number of nitrogens with zero attached hydrogens (tertiary/aromatic N) is 3. The third-order valence-corrected chi connectivity index (χ3v) is 7.55. The lowest BCUT2D eigenvalue weighted by molar-refractivity contribution is -0.0156. The molecule has 4 heterocycles. The van der Waals surface area contributed by atoms with E-state index < -0.39 is 0 Å². The molecule has 1 aliphatic carbocycles. The number of benzene rings is 1. The fraction of sp³-hybridized carbons (Fsp3) is 0.462. The first-order chi connectivity index (χ1) is 15.5. The van der Waals surface area contributed by atoms with Gasteiger partial charge in [0.05, 0.1) is 24.9 Å². The van der Waals surface area contributed by atoms with Gasteiger partial charge in [-0.3, -0.25) is 0 Å². The Balaban J connectivity index is 1.38. The highest BCUT2D eigenvalue weighted by atomic mass is 16.5. The van der Waals surface area contributed by atoms with Gasteiger partial charge in [-0.1, -0.05) is 19.9 Å². The molecule has 6 rings (SSSR count). The van der Waals surface area contributed by atoms with E-state index in [1.807, 2.05) is 4.52 Å². The number of pyridine rings is 1. The number of H-pyrrole nitrogens is 1. The summed E-state index contributed by atoms with van der Waals surface area (Å²) in [5.41, 5.74) is 9.85. The third-order valence-electron chi connectivity index (χ3n) is 7.55. The minimum absolute atomic E-state index is 0.412. The summed E-state index contributed by atoms with van der Waals surface area (Å²) in [6.45, 7) is 10.6. The largest absolute Gasteiger partial charge is 0.378 e. The molecule has 1 saturated heterocycles. The van der Waals surface area contributed by atoms with Crippen LogP contribution in [-0.2, 0) is 4.74 Å². The van der Waals surface area contributed by atoms with Crippen molar-refractivity contribution in [1.82, 2.24) is 24.9 Å². The zero-order valence-corrected chi connectivity index (χ0v) is 19.3. The molecule has 32 heavy (non-hydrogen) atoms. The third kappa shape index (κ3) is 3.08. The lowest BCUT2D eigenvalue weighted by atomic mass is 9.75. The summed E-state index contributed by atoms with van der Waals surface area (Å²) in [5.74, 6) is 1.06. The van der Waals surface area contributed by atoms with Crippen molar-refractivity contribution in [2.24, 2.45) is 0 Å². The van der Waals surface area contributed by atoms with Crippen molar-refractivity contribution >= 4 is 16.6 Å². The van der Waals surface area contributed by atoms with Crippen LogP contribution >= 0.6 is 0 Å². The number of aryl methyl sites for hydroxylation is 1. The first kappa shape index (κ1) is 19.9. The Morgan fingerprint density at radius 1 is 1.12 bits per heavy atom. The van der Waals surface area contributed by atoms with Gasteiger partial charge in [-0.25, -0.2) is 9.50 Å². The number of fused-ring (bicyclic) bond motifs is 2. The zero-order valence-electron chi connectivity index (χ0n) is 19.3. The van der Waals surface area contributed by atoms with Crippen LogP contribution in [0.15, 0.2) is 30.7 Å². The van der Waals surface area contributed by atoms with Crippen molar-refractivity contribution in [3.8, 4) is 11.3 Å². The van der Waals surface area contributed by atoms with Crippen molar-refractivity contribution in [2.45, 2.75) is 64.5 Å². The molecule has 0 atom stereocenters. The Labute approximate surface area is 188 Å². The summed E-state index contributed by atoms with van der Waals surface area (Å²) in [7, 11) is 0. The normalized spacial score (nSPS) is 21.4. The molecule has 2 aliphatic rings. The monoisotopic (exact) mass is 429 g/mol. The van der Waals surface area contributed by atoms with E-state index in [4.69, 9.17) is 4.74 Å². The smallest absolute Gasteiger partial charge is 0.158 e. The Kier molecular flexibility index (Phi) is 4.63. The number of nitrogens with one attached hydrogen (secondary N) is 2. The average Bonchev–Trinajstić information content (AvgIpc) is 3.32. The lowest BCUT2D eigenvalue weighted by Gasteiger charge is -2.41. The molecule has 2 N–H and O–H groups in total. The fourth-order valence-electron chi connectivity index (χ4n) is 5.44. The number of hydrogen-bond acceptors (Lipinski definition) is 4. The number of hydrogen-bond donors (Lipinski definition) is 2. The van der Waals surface area contributed by atoms with E-state index in [0.29, 0.717) is 23.9 Å². The van der Waals surface area contributed by atoms with Crippen molar-refractivity contribution in [3.63, 3.8) is 0 Å². The van der Waals surface area contributed by atoms with Crippen LogP contribution in [-0.4, -0.2) is 44.9 Å². The van der Waals surface area contributed by atoms with E-state index in [2.05, 4.69) is 72.5 Å². The molecule has 6 nitrogen and oxygen atoms in total. The second-order valence-electron chi connectivity index (χ2n) is 9.96. The van der Waals surface area contributed by atoms with Gasteiger partial charge in [0.2, 0.25) is 0 Å². The zero-order chi connectivity index (χ0) is 22.0. The molecule has 166 valence electrons. The van der Waals surface area contributed by atoms with E-state index in [-0.39, 0.29) is 0 Å². The van der Waals surface area contributed by atoms with Gasteiger partial charge in [-0.15, -0.1) is 0 Å². The Morgan fingerprint density at radius 2 is 1.94 bits per heavy atom. The molecule has 6 heteroatoms. The predicted molar refractivity (Wildman–Crippen MR) is 127 cm³/mol. The summed E-state index contributed by atoms with van der Waals surface area (Å²) in [6.07, 6.45) is 6.19. The van der Waals surface area contributed by atoms with Gasteiger partial charge >= 0.3 is 0 Å². The van der Waals surface area contributed by atoms with E-state index in [9.17, 15) is 0 Å². The van der Waals surface area contributed by atoms with E-state index in [1.54, 1.807) is 6.33 Å². The van der Waals surface area contributed by atoms with Crippen molar-refractivity contribution in [2.75, 3.05) is 13.2 Å². The van der Waals surface area contributed by atoms with Gasteiger partial charge in [0.25, 0.3) is 0 Å². The summed E-state index contributed by atoms with van der Waals surface area (Å²) in [6, 6.07) is 8.23. The summed E-state index contributed by atoms with van der Waals surface area (Å²) in [4.78, 5) is 8.17. The van der Waals surface area contributed by atoms with Crippen LogP contribution in [0.4, 0.5) is 0 Å². The van der Waals surface area contributed by atoms with Crippen LogP contribution in [0.5, 0.6) is 0 Å². The molecule has 4 aromatic rings. The number of aromatic amines is 1. The predicted octanol–water partition coefficient (Wildman–Crippen LogP) is 4.85. The first-order valence-electron chi connectivity index (χ1n) is 11.8. The Morgan fingerprint density at radius 3 is 2.66 bits per heavy atom. The second kappa shape index (κ2) is 7.42. The highest BCUT2D eigenvalue weighted by molar-refractivity contribution is 5.92. The highest BCUT2D eigenvalue weighted by Crippen LogP contribution is 2.42. The minimum Gasteiger partial charge on any atom is -0.378 e. The minimum atomic E-state index is 0.412. The molecule has 1 saturated carbocycles. The van der Waals surface area contributed by atoms with E-state index in [1.165, 1.54) is 57.3 Å². The van der Waals surface area contributed by atoms with Crippen LogP contribution in [0.3, 0.4) is 0 Å². The maximum absolute atomic E-state index is 5.30. The maximum atomic E-state index is 5.30. The van der Waals surface area contributed by atoms with Crippen LogP contribution < -0.4 is 5.32 Å². The summed E-state index contributed by atoms with van der Waals surface area (Å²) >= 11 is 0. The quantitative estimate of drug-likeness (QED) is 0.476. The molecule has 0 radical (unpaired) electrons. The summed E-state index contributed by atoms with van der Waals surface area (Å²) in [5, 5.41) is 9.48. The van der Waals surface area contributed by atoms with Gasteiger partial charge in [0.1, 0.15) is 6.33 Å². The van der Waals surface area contributed by atoms with Gasteiger partial charge < -0.3 is 15.0 Å². The molecule has 0 unspecified atom stereocenters. The topological polar surface area (TPSA) is 67.2 Å². The standard InChI is InChI=1S/C26H31N5O/c1-14(2)24-21-9-17(18-7-19(8-18)29-20-11-32-12-20)5-6-23(21)30-25(24)22-10-31-26(27-13-28-31)16(4)15(22)3/h5-6,9-10,13-14,18-20,29-30H,7-8,11-12H2,1-4H3. The molecule has 1 aromatic carbocycles. The molecular formula is C26H31N5O. The van der Waals surface area contributed by atoms with Crippen molar-refractivity contribution in [3.05, 3.63) is 53.0 Å². The number of ether oxygens (including phenoxy) is 1. The average molecular weight is 430 g/mol.